The number of halogens is 1. The van der Waals surface area contributed by atoms with Crippen LogP contribution in [0.2, 0.25) is 0 Å². The van der Waals surface area contributed by atoms with Gasteiger partial charge in [0.25, 0.3) is 0 Å². The quantitative estimate of drug-likeness (QED) is 0.669. The molecule has 0 unspecified atom stereocenters. The molecule has 0 saturated heterocycles. The Morgan fingerprint density at radius 1 is 1.36 bits per heavy atom. The van der Waals surface area contributed by atoms with Gasteiger partial charge in [0.2, 0.25) is 0 Å². The van der Waals surface area contributed by atoms with E-state index >= 15 is 0 Å². The van der Waals surface area contributed by atoms with Crippen LogP contribution in [0.1, 0.15) is 31.5 Å². The van der Waals surface area contributed by atoms with Crippen molar-refractivity contribution in [1.29, 1.82) is 0 Å². The van der Waals surface area contributed by atoms with E-state index in [2.05, 4.69) is 41.7 Å². The minimum absolute atomic E-state index is 0.156. The number of hydrogen-bond acceptors (Lipinski definition) is 2. The van der Waals surface area contributed by atoms with Crippen molar-refractivity contribution in [3.8, 4) is 0 Å². The predicted molar refractivity (Wildman–Crippen MR) is 53.3 cm³/mol. The molecule has 0 atom stereocenters. The highest BCUT2D eigenvalue weighted by atomic mass is 79.9. The summed E-state index contributed by atoms with van der Waals surface area (Å²) in [6.07, 6.45) is 0. The molecule has 1 heterocycles. The fourth-order valence-corrected chi connectivity index (χ4v) is 3.10. The highest BCUT2D eigenvalue weighted by Crippen LogP contribution is 2.33. The number of aromatic nitrogens is 1. The first kappa shape index (κ1) is 9.20. The van der Waals surface area contributed by atoms with Gasteiger partial charge in [-0.1, -0.05) is 20.8 Å². The molecule has 62 valence electrons. The second-order valence-corrected chi connectivity index (χ2v) is 6.13. The van der Waals surface area contributed by atoms with Crippen LogP contribution >= 0.6 is 27.3 Å². The lowest BCUT2D eigenvalue weighted by molar-refractivity contribution is 0.569. The number of hydrogen-bond donors (Lipinski definition) is 0. The molecule has 0 aliphatic carbocycles. The molecule has 1 aromatic rings. The van der Waals surface area contributed by atoms with Crippen molar-refractivity contribution in [2.75, 3.05) is 0 Å². The van der Waals surface area contributed by atoms with Crippen LogP contribution in [0, 0.1) is 6.92 Å². The smallest absolute Gasteiger partial charge is 0.0937 e. The maximum Gasteiger partial charge on any atom is 0.0937 e. The van der Waals surface area contributed by atoms with Crippen molar-refractivity contribution in [1.82, 2.24) is 4.98 Å². The van der Waals surface area contributed by atoms with E-state index in [-0.39, 0.29) is 5.41 Å². The van der Waals surface area contributed by atoms with E-state index in [0.717, 1.165) is 5.01 Å². The number of nitrogens with zero attached hydrogens (tertiary/aromatic N) is 1. The first-order chi connectivity index (χ1) is 4.91. The predicted octanol–water partition coefficient (Wildman–Crippen LogP) is 3.51. The third kappa shape index (κ3) is 2.03. The molecule has 0 saturated carbocycles. The molecular formula is C8H12BrNS. The van der Waals surface area contributed by atoms with Crippen LogP contribution in [-0.2, 0) is 5.41 Å². The minimum atomic E-state index is 0.156. The molecule has 0 aliphatic rings. The summed E-state index contributed by atoms with van der Waals surface area (Å²) in [5.74, 6) is 0. The first-order valence-corrected chi connectivity index (χ1v) is 5.15. The van der Waals surface area contributed by atoms with Crippen LogP contribution in [0.15, 0.2) is 3.79 Å². The van der Waals surface area contributed by atoms with Crippen molar-refractivity contribution in [3.63, 3.8) is 0 Å². The Hall–Kier alpha value is 0.110. The van der Waals surface area contributed by atoms with E-state index in [0.29, 0.717) is 0 Å². The third-order valence-electron chi connectivity index (χ3n) is 1.40. The zero-order chi connectivity index (χ0) is 8.65. The Morgan fingerprint density at radius 2 is 1.91 bits per heavy atom. The van der Waals surface area contributed by atoms with Gasteiger partial charge in [-0.15, -0.1) is 11.3 Å². The third-order valence-corrected chi connectivity index (χ3v) is 3.02. The summed E-state index contributed by atoms with van der Waals surface area (Å²) < 4.78 is 1.17. The van der Waals surface area contributed by atoms with Crippen molar-refractivity contribution < 1.29 is 0 Å². The second-order valence-electron chi connectivity index (χ2n) is 3.61. The van der Waals surface area contributed by atoms with E-state index in [4.69, 9.17) is 0 Å². The monoisotopic (exact) mass is 233 g/mol. The molecular weight excluding hydrogens is 222 g/mol. The maximum atomic E-state index is 4.45. The van der Waals surface area contributed by atoms with Gasteiger partial charge in [-0.3, -0.25) is 0 Å². The Kier molecular flexibility index (Phi) is 2.40. The normalized spacial score (nSPS) is 12.1. The van der Waals surface area contributed by atoms with Gasteiger partial charge in [0.1, 0.15) is 0 Å². The molecule has 1 rings (SSSR count). The van der Waals surface area contributed by atoms with E-state index in [1.807, 2.05) is 6.92 Å². The average Bonchev–Trinajstić information content (AvgIpc) is 2.08. The lowest BCUT2D eigenvalue weighted by atomic mass is 9.93. The Balaban J connectivity index is 3.13. The molecule has 0 N–H and O–H groups in total. The van der Waals surface area contributed by atoms with Gasteiger partial charge in [0.05, 0.1) is 14.5 Å². The van der Waals surface area contributed by atoms with Crippen LogP contribution < -0.4 is 0 Å². The van der Waals surface area contributed by atoms with Gasteiger partial charge in [0, 0.05) is 5.41 Å². The Bertz CT molecular complexity index is 260. The highest BCUT2D eigenvalue weighted by Gasteiger charge is 2.20. The summed E-state index contributed by atoms with van der Waals surface area (Å²) >= 11 is 5.21. The van der Waals surface area contributed by atoms with Crippen molar-refractivity contribution in [2.24, 2.45) is 0 Å². The molecule has 0 fully saturated rings. The van der Waals surface area contributed by atoms with Gasteiger partial charge < -0.3 is 0 Å². The number of rotatable bonds is 0. The molecule has 0 aliphatic heterocycles. The largest absolute Gasteiger partial charge is 0.245 e. The van der Waals surface area contributed by atoms with Crippen LogP contribution in [0.3, 0.4) is 0 Å². The van der Waals surface area contributed by atoms with Crippen LogP contribution in [0.5, 0.6) is 0 Å². The second kappa shape index (κ2) is 2.87. The summed E-state index contributed by atoms with van der Waals surface area (Å²) in [7, 11) is 0. The zero-order valence-corrected chi connectivity index (χ0v) is 9.64. The molecule has 0 amide bonds. The van der Waals surface area contributed by atoms with Crippen molar-refractivity contribution in [2.45, 2.75) is 33.1 Å². The number of aryl methyl sites for hydroxylation is 1. The van der Waals surface area contributed by atoms with Crippen LogP contribution in [-0.4, -0.2) is 4.98 Å². The van der Waals surface area contributed by atoms with E-state index < -0.39 is 0 Å². The molecule has 1 aromatic heterocycles. The lowest BCUT2D eigenvalue weighted by Gasteiger charge is -2.15. The summed E-state index contributed by atoms with van der Waals surface area (Å²) in [5, 5.41) is 1.13. The minimum Gasteiger partial charge on any atom is -0.245 e. The van der Waals surface area contributed by atoms with Crippen LogP contribution in [0.4, 0.5) is 0 Å². The number of thiazole rings is 1. The standard InChI is InChI=1S/C8H12BrNS/c1-5-10-6(7(9)11-5)8(2,3)4/h1-4H3. The van der Waals surface area contributed by atoms with Crippen molar-refractivity contribution in [3.05, 3.63) is 14.5 Å². The average molecular weight is 234 g/mol. The van der Waals surface area contributed by atoms with E-state index in [1.165, 1.54) is 9.48 Å². The van der Waals surface area contributed by atoms with Gasteiger partial charge >= 0.3 is 0 Å². The molecule has 0 radical (unpaired) electrons. The Morgan fingerprint density at radius 3 is 2.09 bits per heavy atom. The molecule has 3 heteroatoms. The highest BCUT2D eigenvalue weighted by molar-refractivity contribution is 9.11. The van der Waals surface area contributed by atoms with Gasteiger partial charge in [0.15, 0.2) is 0 Å². The van der Waals surface area contributed by atoms with E-state index in [1.54, 1.807) is 11.3 Å². The SMILES string of the molecule is Cc1nc(C(C)(C)C)c(Br)s1. The molecule has 1 nitrogen and oxygen atoms in total. The first-order valence-electron chi connectivity index (χ1n) is 3.54. The Labute approximate surface area is 80.0 Å². The molecule has 0 aromatic carbocycles. The summed E-state index contributed by atoms with van der Waals surface area (Å²) in [5.41, 5.74) is 1.32. The van der Waals surface area contributed by atoms with Gasteiger partial charge in [-0.05, 0) is 22.9 Å². The maximum absolute atomic E-state index is 4.45. The summed E-state index contributed by atoms with van der Waals surface area (Å²) in [4.78, 5) is 4.45. The fraction of sp³-hybridized carbons (Fsp3) is 0.625. The summed E-state index contributed by atoms with van der Waals surface area (Å²) in [6.45, 7) is 8.55. The van der Waals surface area contributed by atoms with E-state index in [9.17, 15) is 0 Å². The fourth-order valence-electron chi connectivity index (χ4n) is 0.865. The van der Waals surface area contributed by atoms with Crippen LogP contribution in [0.25, 0.3) is 0 Å². The molecule has 0 bridgehead atoms. The van der Waals surface area contributed by atoms with Gasteiger partial charge in [-0.25, -0.2) is 4.98 Å². The molecule has 11 heavy (non-hydrogen) atoms. The topological polar surface area (TPSA) is 12.9 Å². The van der Waals surface area contributed by atoms with Gasteiger partial charge in [-0.2, -0.15) is 0 Å². The zero-order valence-electron chi connectivity index (χ0n) is 7.23. The summed E-state index contributed by atoms with van der Waals surface area (Å²) in [6, 6.07) is 0. The lowest BCUT2D eigenvalue weighted by Crippen LogP contribution is -2.12. The molecule has 0 spiro atoms. The van der Waals surface area contributed by atoms with Crippen molar-refractivity contribution >= 4 is 27.3 Å².